The van der Waals surface area contributed by atoms with Gasteiger partial charge in [0.1, 0.15) is 5.75 Å². The van der Waals surface area contributed by atoms with Crippen LogP contribution >= 0.6 is 0 Å². The molecule has 0 amide bonds. The lowest BCUT2D eigenvalue weighted by Crippen LogP contribution is -2.56. The second-order valence-corrected chi connectivity index (χ2v) is 11.4. The highest BCUT2D eigenvalue weighted by molar-refractivity contribution is 5.90. The number of benzene rings is 4. The minimum Gasteiger partial charge on any atom is -0.508 e. The van der Waals surface area contributed by atoms with E-state index in [4.69, 9.17) is 9.15 Å². The van der Waals surface area contributed by atoms with Gasteiger partial charge in [0.05, 0.1) is 18.7 Å². The Morgan fingerprint density at radius 3 is 2.30 bits per heavy atom. The number of aromatic nitrogens is 2. The van der Waals surface area contributed by atoms with Gasteiger partial charge >= 0.3 is 5.97 Å². The predicted molar refractivity (Wildman–Crippen MR) is 169 cm³/mol. The van der Waals surface area contributed by atoms with Crippen LogP contribution in [0, 0.1) is 0 Å². The van der Waals surface area contributed by atoms with Gasteiger partial charge < -0.3 is 14.3 Å². The lowest BCUT2D eigenvalue weighted by atomic mass is 9.92. The predicted octanol–water partition coefficient (Wildman–Crippen LogP) is 6.58. The van der Waals surface area contributed by atoms with Gasteiger partial charge in [0, 0.05) is 42.8 Å². The van der Waals surface area contributed by atoms with Crippen LogP contribution in [0.2, 0.25) is 0 Å². The third-order valence-electron chi connectivity index (χ3n) is 8.34. The molecule has 1 saturated heterocycles. The minimum atomic E-state index is -0.426. The van der Waals surface area contributed by atoms with Gasteiger partial charge in [-0.1, -0.05) is 60.7 Å². The highest BCUT2D eigenvalue weighted by Crippen LogP contribution is 2.36. The lowest BCUT2D eigenvalue weighted by molar-refractivity contribution is 0.0195. The number of carbonyl (C=O) groups excluding carboxylic acids is 1. The van der Waals surface area contributed by atoms with Gasteiger partial charge in [-0.2, -0.15) is 0 Å². The van der Waals surface area contributed by atoms with Crippen LogP contribution in [0.25, 0.3) is 22.9 Å². The molecule has 0 spiro atoms. The zero-order chi connectivity index (χ0) is 30.6. The summed E-state index contributed by atoms with van der Waals surface area (Å²) in [4.78, 5) is 17.1. The van der Waals surface area contributed by atoms with E-state index >= 15 is 0 Å². The molecular formula is C36H36N4O4. The summed E-state index contributed by atoms with van der Waals surface area (Å²) >= 11 is 0. The van der Waals surface area contributed by atoms with E-state index in [9.17, 15) is 9.90 Å². The first-order chi connectivity index (χ1) is 21.4. The Labute approximate surface area is 257 Å². The van der Waals surface area contributed by atoms with Crippen LogP contribution in [-0.4, -0.2) is 63.4 Å². The molecule has 2 heterocycles. The number of esters is 1. The Balaban J connectivity index is 1.26. The van der Waals surface area contributed by atoms with E-state index in [0.29, 0.717) is 29.0 Å². The lowest BCUT2D eigenvalue weighted by Gasteiger charge is -2.47. The average molecular weight is 589 g/mol. The molecular weight excluding hydrogens is 552 g/mol. The van der Waals surface area contributed by atoms with Crippen molar-refractivity contribution >= 4 is 5.97 Å². The second-order valence-electron chi connectivity index (χ2n) is 11.4. The molecule has 4 aromatic carbocycles. The number of rotatable bonds is 8. The first-order valence-electron chi connectivity index (χ1n) is 14.8. The molecule has 5 aromatic rings. The second kappa shape index (κ2) is 12.8. The fourth-order valence-corrected chi connectivity index (χ4v) is 6.05. The summed E-state index contributed by atoms with van der Waals surface area (Å²) in [5.41, 5.74) is 5.32. The monoisotopic (exact) mass is 588 g/mol. The van der Waals surface area contributed by atoms with Crippen molar-refractivity contribution in [2.75, 3.05) is 20.2 Å². The number of phenols is 1. The molecule has 0 saturated carbocycles. The van der Waals surface area contributed by atoms with E-state index in [-0.39, 0.29) is 17.8 Å². The Morgan fingerprint density at radius 2 is 1.57 bits per heavy atom. The Morgan fingerprint density at radius 1 is 0.841 bits per heavy atom. The number of methoxy groups -OCH3 is 1. The fourth-order valence-electron chi connectivity index (χ4n) is 6.05. The number of phenolic OH excluding ortho intramolecular Hbond substituents is 1. The molecule has 0 aliphatic carbocycles. The molecule has 224 valence electrons. The zero-order valence-electron chi connectivity index (χ0n) is 25.1. The van der Waals surface area contributed by atoms with Crippen LogP contribution in [0.15, 0.2) is 108 Å². The maximum atomic E-state index is 12.0. The Kier molecular flexibility index (Phi) is 8.54. The first kappa shape index (κ1) is 29.3. The van der Waals surface area contributed by atoms with Crippen LogP contribution in [0.1, 0.15) is 46.9 Å². The topological polar surface area (TPSA) is 91.9 Å². The quantitative estimate of drug-likeness (QED) is 0.203. The van der Waals surface area contributed by atoms with Crippen LogP contribution < -0.4 is 0 Å². The summed E-state index contributed by atoms with van der Waals surface area (Å²) in [7, 11) is 1.35. The smallest absolute Gasteiger partial charge is 0.337 e. The van der Waals surface area contributed by atoms with Crippen molar-refractivity contribution < 1.29 is 19.1 Å². The first-order valence-corrected chi connectivity index (χ1v) is 14.8. The summed E-state index contributed by atoms with van der Waals surface area (Å²) in [6.07, 6.45) is 0. The van der Waals surface area contributed by atoms with Crippen molar-refractivity contribution in [1.82, 2.24) is 20.0 Å². The van der Waals surface area contributed by atoms with E-state index in [1.165, 1.54) is 12.7 Å². The van der Waals surface area contributed by atoms with Gasteiger partial charge in [0.2, 0.25) is 11.8 Å². The number of nitrogens with zero attached hydrogens (tertiary/aromatic N) is 4. The molecule has 6 rings (SSSR count). The summed E-state index contributed by atoms with van der Waals surface area (Å²) in [6.45, 7) is 7.31. The van der Waals surface area contributed by atoms with Crippen molar-refractivity contribution in [3.8, 4) is 28.7 Å². The van der Waals surface area contributed by atoms with Crippen LogP contribution in [0.5, 0.6) is 5.75 Å². The summed E-state index contributed by atoms with van der Waals surface area (Å²) in [5, 5.41) is 18.9. The Hall–Kier alpha value is -4.79. The van der Waals surface area contributed by atoms with Crippen LogP contribution in [0.4, 0.5) is 0 Å². The molecule has 3 unspecified atom stereocenters. The standard InChI is InChI=1S/C36H36N4O4/c1-24-22-40(25(2)21-39(24)23-26-9-5-4-6-10-26)33(29-11-8-14-32(41)20-29)27-15-17-28(18-16-27)34-37-38-35(44-34)30-12-7-13-31(19-30)36(42)43-3/h4-20,24-25,33,41H,21-23H2,1-3H3. The summed E-state index contributed by atoms with van der Waals surface area (Å²) < 4.78 is 10.8. The van der Waals surface area contributed by atoms with Gasteiger partial charge in [-0.3, -0.25) is 9.80 Å². The van der Waals surface area contributed by atoms with E-state index < -0.39 is 5.97 Å². The van der Waals surface area contributed by atoms with Gasteiger partial charge in [0.15, 0.2) is 0 Å². The molecule has 1 N–H and O–H groups in total. The molecule has 1 aliphatic rings. The molecule has 1 aliphatic heterocycles. The van der Waals surface area contributed by atoms with Crippen molar-refractivity contribution in [1.29, 1.82) is 0 Å². The molecule has 44 heavy (non-hydrogen) atoms. The van der Waals surface area contributed by atoms with Crippen molar-refractivity contribution in [3.63, 3.8) is 0 Å². The van der Waals surface area contributed by atoms with Gasteiger partial charge in [-0.05, 0) is 73.0 Å². The van der Waals surface area contributed by atoms with Crippen LogP contribution in [-0.2, 0) is 11.3 Å². The van der Waals surface area contributed by atoms with Crippen molar-refractivity contribution in [3.05, 3.63) is 125 Å². The van der Waals surface area contributed by atoms with Gasteiger partial charge in [-0.15, -0.1) is 10.2 Å². The largest absolute Gasteiger partial charge is 0.508 e. The minimum absolute atomic E-state index is 0.0493. The third-order valence-corrected chi connectivity index (χ3v) is 8.34. The molecule has 0 radical (unpaired) electrons. The average Bonchev–Trinajstić information content (AvgIpc) is 3.55. The number of aromatic hydroxyl groups is 1. The molecule has 1 fully saturated rings. The number of hydrogen-bond acceptors (Lipinski definition) is 8. The molecule has 1 aromatic heterocycles. The maximum absolute atomic E-state index is 12.0. The van der Waals surface area contributed by atoms with E-state index in [1.54, 1.807) is 24.3 Å². The Bertz CT molecular complexity index is 1720. The van der Waals surface area contributed by atoms with E-state index in [2.05, 4.69) is 82.4 Å². The SMILES string of the molecule is COC(=O)c1cccc(-c2nnc(-c3ccc(C(c4cccc(O)c4)N4CC(C)N(Cc5ccccc5)CC4C)cc3)o2)c1. The normalized spacial score (nSPS) is 18.2. The van der Waals surface area contributed by atoms with Gasteiger partial charge in [-0.25, -0.2) is 4.79 Å². The number of ether oxygens (including phenoxy) is 1. The highest BCUT2D eigenvalue weighted by atomic mass is 16.5. The summed E-state index contributed by atoms with van der Waals surface area (Å²) in [5.74, 6) is 0.538. The van der Waals surface area contributed by atoms with Crippen molar-refractivity contribution in [2.24, 2.45) is 0 Å². The molecule has 3 atom stereocenters. The number of piperazine rings is 1. The molecule has 8 heteroatoms. The van der Waals surface area contributed by atoms with Gasteiger partial charge in [0.25, 0.3) is 0 Å². The van der Waals surface area contributed by atoms with Crippen molar-refractivity contribution in [2.45, 2.75) is 38.5 Å². The number of hydrogen-bond donors (Lipinski definition) is 1. The number of carbonyl (C=O) groups is 1. The summed E-state index contributed by atoms with van der Waals surface area (Å²) in [6, 6.07) is 33.9. The zero-order valence-corrected chi connectivity index (χ0v) is 25.1. The van der Waals surface area contributed by atoms with E-state index in [0.717, 1.165) is 36.3 Å². The van der Waals surface area contributed by atoms with E-state index in [1.807, 2.05) is 30.3 Å². The highest BCUT2D eigenvalue weighted by Gasteiger charge is 2.35. The molecule has 8 nitrogen and oxygen atoms in total. The third kappa shape index (κ3) is 6.27. The maximum Gasteiger partial charge on any atom is 0.337 e. The fraction of sp³-hybridized carbons (Fsp3) is 0.250. The molecule has 0 bridgehead atoms. The van der Waals surface area contributed by atoms with Crippen LogP contribution in [0.3, 0.4) is 0 Å².